The molecule has 0 aliphatic carbocycles. The van der Waals surface area contributed by atoms with E-state index in [1.165, 1.54) is 0 Å². The number of thiazole rings is 1. The van der Waals surface area contributed by atoms with Crippen molar-refractivity contribution in [3.05, 3.63) is 41.4 Å². The molecule has 3 nitrogen and oxygen atoms in total. The van der Waals surface area contributed by atoms with E-state index in [4.69, 9.17) is 5.90 Å². The molecule has 0 saturated carbocycles. The summed E-state index contributed by atoms with van der Waals surface area (Å²) in [6.45, 7) is 0.364. The molecule has 1 aromatic heterocycles. The average Bonchev–Trinajstić information content (AvgIpc) is 2.68. The first-order chi connectivity index (χ1) is 6.90. The van der Waals surface area contributed by atoms with E-state index in [0.717, 1.165) is 16.3 Å². The summed E-state index contributed by atoms with van der Waals surface area (Å²) in [6, 6.07) is 10.0. The lowest BCUT2D eigenvalue weighted by molar-refractivity contribution is 0.122. The minimum Gasteiger partial charge on any atom is -0.298 e. The van der Waals surface area contributed by atoms with E-state index < -0.39 is 0 Å². The van der Waals surface area contributed by atoms with Crippen molar-refractivity contribution in [2.45, 2.75) is 6.61 Å². The summed E-state index contributed by atoms with van der Waals surface area (Å²) in [7, 11) is 0. The third-order valence-corrected chi connectivity index (χ3v) is 2.74. The number of hydrogen-bond donors (Lipinski definition) is 1. The smallest absolute Gasteiger partial charge is 0.123 e. The summed E-state index contributed by atoms with van der Waals surface area (Å²) in [5, 5.41) is 2.95. The van der Waals surface area contributed by atoms with Crippen LogP contribution < -0.4 is 5.90 Å². The number of nitrogens with two attached hydrogens (primary N) is 1. The highest BCUT2D eigenvalue weighted by molar-refractivity contribution is 7.13. The fraction of sp³-hybridized carbons (Fsp3) is 0.100. The summed E-state index contributed by atoms with van der Waals surface area (Å²) in [6.07, 6.45) is 0. The molecule has 0 fully saturated rings. The predicted octanol–water partition coefficient (Wildman–Crippen LogP) is 2.62. The van der Waals surface area contributed by atoms with E-state index in [1.807, 2.05) is 35.7 Å². The quantitative estimate of drug-likeness (QED) is 0.842. The molecular formula is C10H11ClN2OS. The van der Waals surface area contributed by atoms with Crippen molar-refractivity contribution in [3.8, 4) is 10.6 Å². The molecule has 0 unspecified atom stereocenters. The molecule has 0 aliphatic rings. The third-order valence-electron chi connectivity index (χ3n) is 1.80. The molecule has 0 bridgehead atoms. The zero-order chi connectivity index (χ0) is 9.80. The van der Waals surface area contributed by atoms with E-state index in [9.17, 15) is 0 Å². The van der Waals surface area contributed by atoms with Crippen molar-refractivity contribution in [2.24, 2.45) is 5.90 Å². The second-order valence-corrected chi connectivity index (χ2v) is 3.68. The Morgan fingerprint density at radius 3 is 2.67 bits per heavy atom. The van der Waals surface area contributed by atoms with Crippen LogP contribution in [-0.2, 0) is 11.4 Å². The Morgan fingerprint density at radius 2 is 2.00 bits per heavy atom. The van der Waals surface area contributed by atoms with E-state index in [-0.39, 0.29) is 12.4 Å². The highest BCUT2D eigenvalue weighted by Gasteiger charge is 2.03. The van der Waals surface area contributed by atoms with Gasteiger partial charge in [-0.25, -0.2) is 10.9 Å². The van der Waals surface area contributed by atoms with Crippen molar-refractivity contribution in [2.75, 3.05) is 0 Å². The maximum Gasteiger partial charge on any atom is 0.123 e. The molecule has 1 heterocycles. The van der Waals surface area contributed by atoms with Crippen LogP contribution in [0.2, 0.25) is 0 Å². The van der Waals surface area contributed by atoms with Crippen LogP contribution in [0.1, 0.15) is 5.69 Å². The molecule has 2 N–H and O–H groups in total. The zero-order valence-electron chi connectivity index (χ0n) is 7.92. The SMILES string of the molecule is Cl.NOCc1csc(-c2ccccc2)n1. The largest absolute Gasteiger partial charge is 0.298 e. The minimum absolute atomic E-state index is 0. The van der Waals surface area contributed by atoms with Gasteiger partial charge in [0.2, 0.25) is 0 Å². The average molecular weight is 243 g/mol. The third kappa shape index (κ3) is 3.00. The van der Waals surface area contributed by atoms with Gasteiger partial charge in [0, 0.05) is 10.9 Å². The van der Waals surface area contributed by atoms with Crippen LogP contribution in [0.3, 0.4) is 0 Å². The lowest BCUT2D eigenvalue weighted by atomic mass is 10.2. The Morgan fingerprint density at radius 1 is 1.27 bits per heavy atom. The summed E-state index contributed by atoms with van der Waals surface area (Å²) in [5.74, 6) is 4.97. The fourth-order valence-electron chi connectivity index (χ4n) is 1.17. The monoisotopic (exact) mass is 242 g/mol. The number of benzene rings is 1. The standard InChI is InChI=1S/C10H10N2OS.ClH/c11-13-6-9-7-14-10(12-9)8-4-2-1-3-5-8;/h1-5,7H,6,11H2;1H. The normalized spacial score (nSPS) is 9.67. The van der Waals surface area contributed by atoms with Gasteiger partial charge in [-0.05, 0) is 0 Å². The molecule has 0 aliphatic heterocycles. The van der Waals surface area contributed by atoms with Crippen LogP contribution in [0.15, 0.2) is 35.7 Å². The number of aromatic nitrogens is 1. The number of halogens is 1. The highest BCUT2D eigenvalue weighted by Crippen LogP contribution is 2.23. The Kier molecular flexibility index (Phi) is 4.71. The van der Waals surface area contributed by atoms with E-state index in [1.54, 1.807) is 11.3 Å². The van der Waals surface area contributed by atoms with Crippen molar-refractivity contribution < 1.29 is 4.84 Å². The minimum atomic E-state index is 0. The van der Waals surface area contributed by atoms with Gasteiger partial charge in [0.1, 0.15) is 11.6 Å². The highest BCUT2D eigenvalue weighted by atomic mass is 35.5. The van der Waals surface area contributed by atoms with Gasteiger partial charge in [-0.3, -0.25) is 4.84 Å². The number of hydrogen-bond acceptors (Lipinski definition) is 4. The molecule has 1 aromatic carbocycles. The summed E-state index contributed by atoms with van der Waals surface area (Å²) in [5.41, 5.74) is 2.00. The molecule has 5 heteroatoms. The van der Waals surface area contributed by atoms with Gasteiger partial charge in [-0.2, -0.15) is 0 Å². The molecular weight excluding hydrogens is 232 g/mol. The lowest BCUT2D eigenvalue weighted by Gasteiger charge is -1.94. The topological polar surface area (TPSA) is 48.1 Å². The lowest BCUT2D eigenvalue weighted by Crippen LogP contribution is -1.98. The predicted molar refractivity (Wildman–Crippen MR) is 63.8 cm³/mol. The summed E-state index contributed by atoms with van der Waals surface area (Å²) < 4.78 is 0. The van der Waals surface area contributed by atoms with Gasteiger partial charge in [0.05, 0.1) is 5.69 Å². The van der Waals surface area contributed by atoms with Gasteiger partial charge in [-0.1, -0.05) is 30.3 Å². The summed E-state index contributed by atoms with van der Waals surface area (Å²) in [4.78, 5) is 8.90. The molecule has 0 saturated heterocycles. The van der Waals surface area contributed by atoms with Crippen LogP contribution in [0, 0.1) is 0 Å². The second-order valence-electron chi connectivity index (χ2n) is 2.82. The Bertz CT molecular complexity index is 405. The second kappa shape index (κ2) is 5.82. The van der Waals surface area contributed by atoms with Crippen molar-refractivity contribution in [3.63, 3.8) is 0 Å². The molecule has 0 atom stereocenters. The maximum absolute atomic E-state index is 4.97. The van der Waals surface area contributed by atoms with Crippen LogP contribution in [0.5, 0.6) is 0 Å². The Hall–Kier alpha value is -0.940. The molecule has 0 spiro atoms. The van der Waals surface area contributed by atoms with E-state index in [0.29, 0.717) is 6.61 Å². The van der Waals surface area contributed by atoms with Gasteiger partial charge < -0.3 is 0 Å². The fourth-order valence-corrected chi connectivity index (χ4v) is 1.98. The van der Waals surface area contributed by atoms with Gasteiger partial charge in [0.15, 0.2) is 0 Å². The molecule has 0 radical (unpaired) electrons. The number of rotatable bonds is 3. The Labute approximate surface area is 98.3 Å². The molecule has 15 heavy (non-hydrogen) atoms. The van der Waals surface area contributed by atoms with Crippen molar-refractivity contribution >= 4 is 23.7 Å². The van der Waals surface area contributed by atoms with E-state index in [2.05, 4.69) is 9.82 Å². The van der Waals surface area contributed by atoms with Gasteiger partial charge in [-0.15, -0.1) is 23.7 Å². The van der Waals surface area contributed by atoms with Crippen LogP contribution in [-0.4, -0.2) is 4.98 Å². The van der Waals surface area contributed by atoms with Crippen LogP contribution in [0.25, 0.3) is 10.6 Å². The van der Waals surface area contributed by atoms with Crippen LogP contribution >= 0.6 is 23.7 Å². The van der Waals surface area contributed by atoms with E-state index >= 15 is 0 Å². The summed E-state index contributed by atoms with van der Waals surface area (Å²) >= 11 is 1.60. The van der Waals surface area contributed by atoms with Crippen LogP contribution in [0.4, 0.5) is 0 Å². The number of nitrogens with zero attached hydrogens (tertiary/aromatic N) is 1. The van der Waals surface area contributed by atoms with Crippen molar-refractivity contribution in [1.82, 2.24) is 4.98 Å². The molecule has 2 rings (SSSR count). The van der Waals surface area contributed by atoms with Gasteiger partial charge >= 0.3 is 0 Å². The molecule has 80 valence electrons. The molecule has 2 aromatic rings. The van der Waals surface area contributed by atoms with Crippen molar-refractivity contribution in [1.29, 1.82) is 0 Å². The first kappa shape index (κ1) is 12.1. The first-order valence-electron chi connectivity index (χ1n) is 4.21. The van der Waals surface area contributed by atoms with Gasteiger partial charge in [0.25, 0.3) is 0 Å². The Balaban J connectivity index is 0.00000112. The zero-order valence-corrected chi connectivity index (χ0v) is 9.55. The maximum atomic E-state index is 4.97. The first-order valence-corrected chi connectivity index (χ1v) is 5.09. The molecule has 0 amide bonds.